The maximum atomic E-state index is 13.6. The van der Waals surface area contributed by atoms with Crippen molar-refractivity contribution in [2.75, 3.05) is 31.0 Å². The molecule has 10 nitrogen and oxygen atoms in total. The Bertz CT molecular complexity index is 1100. The first kappa shape index (κ1) is 23.8. The lowest BCUT2D eigenvalue weighted by molar-refractivity contribution is 0.0600. The van der Waals surface area contributed by atoms with Crippen molar-refractivity contribution in [3.8, 4) is 0 Å². The van der Waals surface area contributed by atoms with Crippen LogP contribution in [0.15, 0.2) is 42.6 Å². The maximum Gasteiger partial charge on any atom is 0.407 e. The van der Waals surface area contributed by atoms with Crippen LogP contribution in [0.5, 0.6) is 0 Å². The molecule has 32 heavy (non-hydrogen) atoms. The van der Waals surface area contributed by atoms with Crippen LogP contribution in [0.2, 0.25) is 5.02 Å². The third-order valence-corrected chi connectivity index (χ3v) is 7.20. The van der Waals surface area contributed by atoms with E-state index in [0.29, 0.717) is 16.4 Å². The van der Waals surface area contributed by atoms with Gasteiger partial charge in [-0.05, 0) is 37.3 Å². The molecule has 1 atom stereocenters. The molecule has 2 aromatic rings. The fourth-order valence-electron chi connectivity index (χ4n) is 3.40. The third kappa shape index (κ3) is 5.12. The molecule has 0 spiro atoms. The van der Waals surface area contributed by atoms with E-state index < -0.39 is 28.3 Å². The van der Waals surface area contributed by atoms with Crippen LogP contribution in [-0.2, 0) is 21.5 Å². The Labute approximate surface area is 191 Å². The number of pyridine rings is 1. The second kappa shape index (κ2) is 9.72. The van der Waals surface area contributed by atoms with Crippen molar-refractivity contribution >= 4 is 39.6 Å². The number of hydrogen-bond acceptors (Lipinski definition) is 6. The van der Waals surface area contributed by atoms with Crippen LogP contribution in [0, 0.1) is 0 Å². The summed E-state index contributed by atoms with van der Waals surface area (Å²) in [6.45, 7) is 1.64. The van der Waals surface area contributed by atoms with Crippen LogP contribution in [-0.4, -0.2) is 72.6 Å². The van der Waals surface area contributed by atoms with Gasteiger partial charge in [-0.25, -0.2) is 9.59 Å². The van der Waals surface area contributed by atoms with E-state index in [9.17, 15) is 23.1 Å². The summed E-state index contributed by atoms with van der Waals surface area (Å²) in [4.78, 5) is 28.4. The molecule has 0 radical (unpaired) electrons. The zero-order chi connectivity index (χ0) is 23.5. The molecule has 0 bridgehead atoms. The highest BCUT2D eigenvalue weighted by molar-refractivity contribution is 7.90. The minimum atomic E-state index is -4.05. The number of amides is 1. The number of piperazine rings is 1. The number of ether oxygens (including phenoxy) is 1. The summed E-state index contributed by atoms with van der Waals surface area (Å²) in [7, 11) is -2.79. The fourth-order valence-corrected chi connectivity index (χ4v) is 5.25. The average Bonchev–Trinajstić information content (AvgIpc) is 2.76. The summed E-state index contributed by atoms with van der Waals surface area (Å²) in [6.07, 6.45) is 0.230. The number of methoxy groups -OCH3 is 1. The lowest BCUT2D eigenvalue weighted by Gasteiger charge is -2.39. The van der Waals surface area contributed by atoms with E-state index in [1.807, 2.05) is 0 Å². The van der Waals surface area contributed by atoms with E-state index in [2.05, 4.69) is 9.72 Å². The van der Waals surface area contributed by atoms with Crippen LogP contribution in [0.4, 0.5) is 10.5 Å². The highest BCUT2D eigenvalue weighted by atomic mass is 35.5. The molecule has 172 valence electrons. The van der Waals surface area contributed by atoms with E-state index in [0.717, 1.165) is 0 Å². The van der Waals surface area contributed by atoms with Gasteiger partial charge in [0.05, 0.1) is 30.6 Å². The van der Waals surface area contributed by atoms with Gasteiger partial charge in [0.15, 0.2) is 0 Å². The number of aromatic nitrogens is 1. The number of hydrogen-bond donors (Lipinski definition) is 1. The maximum absolute atomic E-state index is 13.6. The predicted molar refractivity (Wildman–Crippen MR) is 118 cm³/mol. The number of halogens is 1. The van der Waals surface area contributed by atoms with Gasteiger partial charge in [-0.3, -0.25) is 9.29 Å². The second-order valence-electron chi connectivity index (χ2n) is 7.21. The van der Waals surface area contributed by atoms with Crippen LogP contribution in [0.3, 0.4) is 0 Å². The Morgan fingerprint density at radius 2 is 2.03 bits per heavy atom. The molecule has 1 aliphatic rings. The van der Waals surface area contributed by atoms with Crippen LogP contribution >= 0.6 is 11.6 Å². The van der Waals surface area contributed by atoms with Crippen molar-refractivity contribution in [3.05, 3.63) is 58.9 Å². The summed E-state index contributed by atoms with van der Waals surface area (Å²) in [5.74, 6) is -0.548. The zero-order valence-corrected chi connectivity index (χ0v) is 19.1. The Balaban J connectivity index is 1.92. The number of carboxylic acid groups (broad SMARTS) is 1. The van der Waals surface area contributed by atoms with Crippen molar-refractivity contribution in [2.24, 2.45) is 0 Å². The molecule has 3 rings (SSSR count). The first-order valence-electron chi connectivity index (χ1n) is 9.69. The van der Waals surface area contributed by atoms with Gasteiger partial charge in [-0.15, -0.1) is 0 Å². The topological polar surface area (TPSA) is 120 Å². The number of carbonyl (C=O) groups excluding carboxylic acids is 1. The molecule has 1 aliphatic heterocycles. The van der Waals surface area contributed by atoms with E-state index in [4.69, 9.17) is 11.6 Å². The quantitative estimate of drug-likeness (QED) is 0.628. The summed E-state index contributed by atoms with van der Waals surface area (Å²) in [6, 6.07) is 8.96. The van der Waals surface area contributed by atoms with Crippen molar-refractivity contribution in [3.63, 3.8) is 0 Å². The molecule has 1 amide bonds. The summed E-state index contributed by atoms with van der Waals surface area (Å²) < 4.78 is 34.2. The van der Waals surface area contributed by atoms with Crippen molar-refractivity contribution in [1.82, 2.24) is 14.2 Å². The highest BCUT2D eigenvalue weighted by Crippen LogP contribution is 2.27. The lowest BCUT2D eigenvalue weighted by Crippen LogP contribution is -2.57. The molecular formula is C20H23ClN4O6S. The number of benzene rings is 1. The summed E-state index contributed by atoms with van der Waals surface area (Å²) in [5, 5.41) is 9.64. The zero-order valence-electron chi connectivity index (χ0n) is 17.5. The van der Waals surface area contributed by atoms with Crippen molar-refractivity contribution in [2.45, 2.75) is 19.5 Å². The summed E-state index contributed by atoms with van der Waals surface area (Å²) >= 11 is 6.10. The highest BCUT2D eigenvalue weighted by Gasteiger charge is 2.37. The smallest absolute Gasteiger partial charge is 0.407 e. The van der Waals surface area contributed by atoms with Crippen LogP contribution in [0.25, 0.3) is 0 Å². The monoisotopic (exact) mass is 482 g/mol. The van der Waals surface area contributed by atoms with Gasteiger partial charge < -0.3 is 14.7 Å². The predicted octanol–water partition coefficient (Wildman–Crippen LogP) is 2.46. The Morgan fingerprint density at radius 1 is 1.28 bits per heavy atom. The molecule has 1 unspecified atom stereocenters. The number of anilines is 1. The first-order valence-corrected chi connectivity index (χ1v) is 11.5. The Hall–Kier alpha value is -2.89. The van der Waals surface area contributed by atoms with E-state index in [-0.39, 0.29) is 31.7 Å². The molecule has 12 heteroatoms. The van der Waals surface area contributed by atoms with Crippen LogP contribution in [0.1, 0.15) is 23.0 Å². The number of carbonyl (C=O) groups is 2. The third-order valence-electron chi connectivity index (χ3n) is 5.09. The number of nitrogens with zero attached hydrogens (tertiary/aromatic N) is 4. The van der Waals surface area contributed by atoms with E-state index in [1.165, 1.54) is 38.9 Å². The van der Waals surface area contributed by atoms with Gasteiger partial charge in [-0.2, -0.15) is 12.7 Å². The molecular weight excluding hydrogens is 460 g/mol. The average molecular weight is 483 g/mol. The summed E-state index contributed by atoms with van der Waals surface area (Å²) in [5.41, 5.74) is 0.982. The van der Waals surface area contributed by atoms with Gasteiger partial charge in [0.1, 0.15) is 0 Å². The molecule has 1 aromatic heterocycles. The molecule has 1 aromatic carbocycles. The van der Waals surface area contributed by atoms with Gasteiger partial charge >= 0.3 is 22.3 Å². The number of esters is 1. The Kier molecular flexibility index (Phi) is 7.22. The van der Waals surface area contributed by atoms with Crippen LogP contribution < -0.4 is 4.31 Å². The molecule has 1 N–H and O–H groups in total. The lowest BCUT2D eigenvalue weighted by atomic mass is 10.2. The fraction of sp³-hybridized carbons (Fsp3) is 0.350. The SMILES string of the molecule is COC(=O)c1ccc(CN(c2cccc(Cl)c2)S(=O)(=O)N2CCN(C(=O)O)C(C)C2)nc1. The first-order chi connectivity index (χ1) is 15.1. The molecule has 1 fully saturated rings. The minimum absolute atomic E-state index is 0.0143. The normalized spacial score (nSPS) is 17.1. The van der Waals surface area contributed by atoms with Gasteiger partial charge in [0.25, 0.3) is 0 Å². The molecule has 1 saturated heterocycles. The van der Waals surface area contributed by atoms with E-state index >= 15 is 0 Å². The Morgan fingerprint density at radius 3 is 2.59 bits per heavy atom. The van der Waals surface area contributed by atoms with Gasteiger partial charge in [0.2, 0.25) is 0 Å². The van der Waals surface area contributed by atoms with E-state index in [1.54, 1.807) is 31.2 Å². The standard InChI is InChI=1S/C20H23ClN4O6S/c1-14-12-23(8-9-24(14)20(27)28)32(29,30)25(18-5-3-4-16(21)10-18)13-17-7-6-15(11-22-17)19(26)31-2/h3-7,10-11,14H,8-9,12-13H2,1-2H3,(H,27,28). The molecule has 0 aliphatic carbocycles. The molecule has 2 heterocycles. The second-order valence-corrected chi connectivity index (χ2v) is 9.50. The number of rotatable bonds is 6. The largest absolute Gasteiger partial charge is 0.465 e. The van der Waals surface area contributed by atoms with Gasteiger partial charge in [0, 0.05) is 36.9 Å². The minimum Gasteiger partial charge on any atom is -0.465 e. The van der Waals surface area contributed by atoms with Gasteiger partial charge in [-0.1, -0.05) is 17.7 Å². The van der Waals surface area contributed by atoms with Crippen molar-refractivity contribution < 1.29 is 27.9 Å². The van der Waals surface area contributed by atoms with Crippen molar-refractivity contribution in [1.29, 1.82) is 0 Å². The molecule has 0 saturated carbocycles.